The molecule has 0 unspecified atom stereocenters. The third kappa shape index (κ3) is 2.53. The first-order chi connectivity index (χ1) is 10.6. The zero-order valence-electron chi connectivity index (χ0n) is 11.3. The van der Waals surface area contributed by atoms with Crippen LogP contribution in [0.15, 0.2) is 47.4 Å². The molecular weight excluding hydrogens is 302 g/mol. The predicted molar refractivity (Wildman–Crippen MR) is 83.7 cm³/mol. The molecule has 1 aromatic carbocycles. The smallest absolute Gasteiger partial charge is 0.335 e. The zero-order chi connectivity index (χ0) is 15.7. The Balaban J connectivity index is 2.17. The minimum absolute atomic E-state index is 0.0972. The van der Waals surface area contributed by atoms with E-state index in [1.54, 1.807) is 18.3 Å². The van der Waals surface area contributed by atoms with Crippen molar-refractivity contribution in [1.29, 1.82) is 0 Å². The summed E-state index contributed by atoms with van der Waals surface area (Å²) in [5.41, 5.74) is 0.944. The lowest BCUT2D eigenvalue weighted by molar-refractivity contribution is 0.0697. The summed E-state index contributed by atoms with van der Waals surface area (Å²) in [4.78, 5) is 30.6. The van der Waals surface area contributed by atoms with Gasteiger partial charge < -0.3 is 10.1 Å². The molecule has 0 aliphatic rings. The van der Waals surface area contributed by atoms with E-state index in [0.717, 1.165) is 0 Å². The van der Waals surface area contributed by atoms with Crippen LogP contribution in [0.4, 0.5) is 0 Å². The molecule has 110 valence electrons. The third-order valence-electron chi connectivity index (χ3n) is 3.28. The van der Waals surface area contributed by atoms with E-state index in [9.17, 15) is 9.59 Å². The van der Waals surface area contributed by atoms with Crippen LogP contribution in [0.1, 0.15) is 16.1 Å². The Morgan fingerprint density at radius 2 is 2.14 bits per heavy atom. The van der Waals surface area contributed by atoms with E-state index >= 15 is 0 Å². The number of H-pyrrole nitrogens is 1. The standard InChI is InChI=1S/C15H11N3O3S/c19-13-11-5-4-9(14(20)21)7-12(11)17-15(22)18(13)8-10-3-1-2-6-16-10/h1-7H,8H2,(H,17,22)(H,20,21). The number of carbonyl (C=O) groups is 1. The van der Waals surface area contributed by atoms with E-state index in [-0.39, 0.29) is 22.4 Å². The van der Waals surface area contributed by atoms with Crippen molar-refractivity contribution in [1.82, 2.24) is 14.5 Å². The van der Waals surface area contributed by atoms with Crippen LogP contribution in [0, 0.1) is 4.77 Å². The minimum atomic E-state index is -1.06. The number of benzene rings is 1. The third-order valence-corrected chi connectivity index (χ3v) is 3.60. The number of carboxylic acids is 1. The van der Waals surface area contributed by atoms with Gasteiger partial charge in [0.2, 0.25) is 0 Å². The van der Waals surface area contributed by atoms with Crippen LogP contribution in [-0.4, -0.2) is 25.6 Å². The summed E-state index contributed by atoms with van der Waals surface area (Å²) in [7, 11) is 0. The van der Waals surface area contributed by atoms with E-state index < -0.39 is 5.97 Å². The Labute approximate surface area is 129 Å². The maximum atomic E-state index is 12.5. The van der Waals surface area contributed by atoms with Gasteiger partial charge in [-0.05, 0) is 42.5 Å². The van der Waals surface area contributed by atoms with Crippen molar-refractivity contribution in [2.45, 2.75) is 6.54 Å². The van der Waals surface area contributed by atoms with E-state index in [1.807, 2.05) is 6.07 Å². The first kappa shape index (κ1) is 14.2. The lowest BCUT2D eigenvalue weighted by Crippen LogP contribution is -2.23. The van der Waals surface area contributed by atoms with Gasteiger partial charge in [-0.3, -0.25) is 14.3 Å². The van der Waals surface area contributed by atoms with Gasteiger partial charge in [-0.2, -0.15) is 0 Å². The maximum absolute atomic E-state index is 12.5. The first-order valence-electron chi connectivity index (χ1n) is 6.46. The van der Waals surface area contributed by atoms with Gasteiger partial charge in [-0.1, -0.05) is 6.07 Å². The molecule has 0 saturated heterocycles. The van der Waals surface area contributed by atoms with Crippen LogP contribution in [-0.2, 0) is 6.54 Å². The van der Waals surface area contributed by atoms with Crippen LogP contribution in [0.3, 0.4) is 0 Å². The van der Waals surface area contributed by atoms with Crippen molar-refractivity contribution in [2.24, 2.45) is 0 Å². The van der Waals surface area contributed by atoms with Gasteiger partial charge in [0.15, 0.2) is 4.77 Å². The molecular formula is C15H11N3O3S. The monoisotopic (exact) mass is 313 g/mol. The molecule has 0 amide bonds. The summed E-state index contributed by atoms with van der Waals surface area (Å²) in [6, 6.07) is 9.72. The fourth-order valence-corrected chi connectivity index (χ4v) is 2.44. The van der Waals surface area contributed by atoms with Gasteiger partial charge >= 0.3 is 5.97 Å². The van der Waals surface area contributed by atoms with Crippen molar-refractivity contribution < 1.29 is 9.90 Å². The average Bonchev–Trinajstić information content (AvgIpc) is 2.52. The van der Waals surface area contributed by atoms with E-state index in [4.69, 9.17) is 17.3 Å². The molecule has 2 heterocycles. The second-order valence-electron chi connectivity index (χ2n) is 4.71. The topological polar surface area (TPSA) is 88.0 Å². The number of aromatic carboxylic acids is 1. The Morgan fingerprint density at radius 1 is 1.32 bits per heavy atom. The Bertz CT molecular complexity index is 977. The van der Waals surface area contributed by atoms with E-state index in [2.05, 4.69) is 9.97 Å². The van der Waals surface area contributed by atoms with Crippen LogP contribution in [0.25, 0.3) is 10.9 Å². The summed E-state index contributed by atoms with van der Waals surface area (Å²) in [6.45, 7) is 0.256. The number of fused-ring (bicyclic) bond motifs is 1. The largest absolute Gasteiger partial charge is 0.478 e. The van der Waals surface area contributed by atoms with Crippen LogP contribution < -0.4 is 5.56 Å². The van der Waals surface area contributed by atoms with Gasteiger partial charge in [-0.25, -0.2) is 4.79 Å². The molecule has 2 aromatic heterocycles. The second kappa shape index (κ2) is 5.53. The molecule has 0 saturated carbocycles. The highest BCUT2D eigenvalue weighted by atomic mass is 32.1. The quantitative estimate of drug-likeness (QED) is 0.724. The van der Waals surface area contributed by atoms with Crippen LogP contribution in [0.5, 0.6) is 0 Å². The number of rotatable bonds is 3. The minimum Gasteiger partial charge on any atom is -0.478 e. The number of aromatic nitrogens is 3. The highest BCUT2D eigenvalue weighted by Crippen LogP contribution is 2.11. The number of aromatic amines is 1. The number of nitrogens with one attached hydrogen (secondary N) is 1. The molecule has 3 aromatic rings. The van der Waals surface area contributed by atoms with Gasteiger partial charge in [0.25, 0.3) is 5.56 Å². The van der Waals surface area contributed by atoms with Crippen molar-refractivity contribution in [3.05, 3.63) is 69.0 Å². The van der Waals surface area contributed by atoms with Gasteiger partial charge in [0.1, 0.15) is 0 Å². The molecule has 0 aliphatic carbocycles. The lowest BCUT2D eigenvalue weighted by atomic mass is 10.1. The normalized spacial score (nSPS) is 10.7. The highest BCUT2D eigenvalue weighted by Gasteiger charge is 2.09. The predicted octanol–water partition coefficient (Wildman–Crippen LogP) is 2.20. The van der Waals surface area contributed by atoms with Crippen LogP contribution >= 0.6 is 12.2 Å². The van der Waals surface area contributed by atoms with Crippen molar-refractivity contribution in [2.75, 3.05) is 0 Å². The van der Waals surface area contributed by atoms with Crippen molar-refractivity contribution in [3.63, 3.8) is 0 Å². The molecule has 3 rings (SSSR count). The van der Waals surface area contributed by atoms with Gasteiger partial charge in [0.05, 0.1) is 28.7 Å². The number of pyridine rings is 1. The maximum Gasteiger partial charge on any atom is 0.335 e. The van der Waals surface area contributed by atoms with Crippen molar-refractivity contribution in [3.8, 4) is 0 Å². The molecule has 6 nitrogen and oxygen atoms in total. The molecule has 7 heteroatoms. The molecule has 2 N–H and O–H groups in total. The number of carboxylic acid groups (broad SMARTS) is 1. The Hall–Kier alpha value is -2.80. The molecule has 0 fully saturated rings. The average molecular weight is 313 g/mol. The molecule has 0 atom stereocenters. The molecule has 0 radical (unpaired) electrons. The summed E-state index contributed by atoms with van der Waals surface area (Å²) >= 11 is 5.21. The number of nitrogens with zero attached hydrogens (tertiary/aromatic N) is 2. The molecule has 0 aliphatic heterocycles. The van der Waals surface area contributed by atoms with E-state index in [0.29, 0.717) is 16.6 Å². The van der Waals surface area contributed by atoms with Gasteiger partial charge in [-0.15, -0.1) is 0 Å². The summed E-state index contributed by atoms with van der Waals surface area (Å²) in [5.74, 6) is -1.06. The SMILES string of the molecule is O=C(O)c1ccc2c(=O)n(Cc3ccccn3)c(=S)[nH]c2c1. The summed E-state index contributed by atoms with van der Waals surface area (Å²) in [5, 5.41) is 9.38. The van der Waals surface area contributed by atoms with Crippen LogP contribution in [0.2, 0.25) is 0 Å². The molecule has 0 spiro atoms. The van der Waals surface area contributed by atoms with E-state index in [1.165, 1.54) is 22.8 Å². The summed E-state index contributed by atoms with van der Waals surface area (Å²) in [6.07, 6.45) is 1.65. The Kier molecular flexibility index (Phi) is 3.56. The number of hydrogen-bond acceptors (Lipinski definition) is 4. The molecule has 0 bridgehead atoms. The van der Waals surface area contributed by atoms with Crippen molar-refractivity contribution >= 4 is 29.1 Å². The summed E-state index contributed by atoms with van der Waals surface area (Å²) < 4.78 is 1.63. The first-order valence-corrected chi connectivity index (χ1v) is 6.87. The fourth-order valence-electron chi connectivity index (χ4n) is 2.18. The second-order valence-corrected chi connectivity index (χ2v) is 5.09. The highest BCUT2D eigenvalue weighted by molar-refractivity contribution is 7.71. The Morgan fingerprint density at radius 3 is 2.82 bits per heavy atom. The number of hydrogen-bond donors (Lipinski definition) is 2. The fraction of sp³-hybridized carbons (Fsp3) is 0.0667. The zero-order valence-corrected chi connectivity index (χ0v) is 12.1. The lowest BCUT2D eigenvalue weighted by Gasteiger charge is -2.08. The molecule has 22 heavy (non-hydrogen) atoms. The van der Waals surface area contributed by atoms with Gasteiger partial charge in [0, 0.05) is 6.20 Å².